The predicted octanol–water partition coefficient (Wildman–Crippen LogP) is 4.77. The molecule has 0 saturated heterocycles. The van der Waals surface area contributed by atoms with Gasteiger partial charge in [-0.25, -0.2) is 18.7 Å². The first kappa shape index (κ1) is 27.6. The number of amides is 1. The zero-order valence-corrected chi connectivity index (χ0v) is 22.3. The molecular formula is C29H23F2N5O4S. The van der Waals surface area contributed by atoms with Crippen molar-refractivity contribution in [1.82, 2.24) is 24.8 Å². The minimum atomic E-state index is -1.04. The van der Waals surface area contributed by atoms with Crippen molar-refractivity contribution in [2.45, 2.75) is 19.0 Å². The van der Waals surface area contributed by atoms with Gasteiger partial charge in [0.05, 0.1) is 24.7 Å². The highest BCUT2D eigenvalue weighted by atomic mass is 32.1. The first-order chi connectivity index (χ1) is 19.8. The maximum Gasteiger partial charge on any atom is 0.308 e. The highest BCUT2D eigenvalue weighted by Crippen LogP contribution is 2.31. The summed E-state index contributed by atoms with van der Waals surface area (Å²) in [7, 11) is 0. The number of fused-ring (bicyclic) bond motifs is 1. The standard InChI is InChI=1S/C29H23F2N5O4S/c1-2-11-40-25(37)13-23(28-35-24(16-41-28)20-14-33-26-18(20)5-3-9-32-26)34-27(38)19-6-4-10-36(29(19)39)15-17-7-8-21(30)22(31)12-17/h2-10,12,14,16,23H,1,11,13,15H2,(H,32,33)(H,34,38)/t23-/m1/s1. The van der Waals surface area contributed by atoms with Gasteiger partial charge >= 0.3 is 5.97 Å². The van der Waals surface area contributed by atoms with Crippen LogP contribution in [0.15, 0.2) is 83.9 Å². The zero-order chi connectivity index (χ0) is 28.9. The molecule has 0 fully saturated rings. The Morgan fingerprint density at radius 2 is 2.05 bits per heavy atom. The number of aromatic nitrogens is 4. The number of benzene rings is 1. The lowest BCUT2D eigenvalue weighted by atomic mass is 10.1. The van der Waals surface area contributed by atoms with Gasteiger partial charge < -0.3 is 19.6 Å². The van der Waals surface area contributed by atoms with Gasteiger partial charge in [0.1, 0.15) is 22.8 Å². The number of carbonyl (C=O) groups excluding carboxylic acids is 2. The second-order valence-corrected chi connectivity index (χ2v) is 9.87. The number of thiazole rings is 1. The van der Waals surface area contributed by atoms with E-state index in [-0.39, 0.29) is 25.1 Å². The van der Waals surface area contributed by atoms with E-state index in [1.807, 2.05) is 12.1 Å². The summed E-state index contributed by atoms with van der Waals surface area (Å²) in [6.45, 7) is 3.45. The van der Waals surface area contributed by atoms with Crippen LogP contribution in [-0.2, 0) is 16.1 Å². The molecule has 1 amide bonds. The van der Waals surface area contributed by atoms with Crippen molar-refractivity contribution in [3.05, 3.63) is 117 Å². The van der Waals surface area contributed by atoms with Crippen molar-refractivity contribution in [2.75, 3.05) is 6.61 Å². The topological polar surface area (TPSA) is 119 Å². The number of nitrogens with zero attached hydrogens (tertiary/aromatic N) is 3. The highest BCUT2D eigenvalue weighted by molar-refractivity contribution is 7.10. The number of ether oxygens (including phenoxy) is 1. The Morgan fingerprint density at radius 1 is 1.20 bits per heavy atom. The quantitative estimate of drug-likeness (QED) is 0.183. The summed E-state index contributed by atoms with van der Waals surface area (Å²) in [6.07, 6.45) is 6.08. The van der Waals surface area contributed by atoms with E-state index in [2.05, 4.69) is 26.8 Å². The van der Waals surface area contributed by atoms with Gasteiger partial charge in [0.25, 0.3) is 11.5 Å². The van der Waals surface area contributed by atoms with E-state index in [4.69, 9.17) is 4.74 Å². The van der Waals surface area contributed by atoms with Gasteiger partial charge in [-0.15, -0.1) is 11.3 Å². The molecule has 0 radical (unpaired) electrons. The van der Waals surface area contributed by atoms with Crippen LogP contribution in [0.25, 0.3) is 22.3 Å². The Balaban J connectivity index is 1.41. The predicted molar refractivity (Wildman–Crippen MR) is 149 cm³/mol. The molecule has 0 aliphatic heterocycles. The third-order valence-corrected chi connectivity index (χ3v) is 7.15. The minimum absolute atomic E-state index is 0.00166. The number of esters is 1. The van der Waals surface area contributed by atoms with Gasteiger partial charge in [0.2, 0.25) is 0 Å². The van der Waals surface area contributed by atoms with Crippen molar-refractivity contribution >= 4 is 34.2 Å². The number of nitrogens with one attached hydrogen (secondary N) is 2. The summed E-state index contributed by atoms with van der Waals surface area (Å²) in [5, 5.41) is 5.84. The third kappa shape index (κ3) is 6.12. The van der Waals surface area contributed by atoms with E-state index in [9.17, 15) is 23.2 Å². The molecule has 0 aliphatic rings. The van der Waals surface area contributed by atoms with Crippen molar-refractivity contribution in [3.63, 3.8) is 0 Å². The molecule has 41 heavy (non-hydrogen) atoms. The number of H-pyrrole nitrogens is 1. The van der Waals surface area contributed by atoms with Crippen molar-refractivity contribution in [2.24, 2.45) is 0 Å². The van der Waals surface area contributed by atoms with Gasteiger partial charge in [-0.1, -0.05) is 18.7 Å². The lowest BCUT2D eigenvalue weighted by molar-refractivity contribution is -0.142. The monoisotopic (exact) mass is 575 g/mol. The van der Waals surface area contributed by atoms with Crippen molar-refractivity contribution in [3.8, 4) is 11.3 Å². The maximum absolute atomic E-state index is 13.7. The molecule has 5 aromatic rings. The smallest absolute Gasteiger partial charge is 0.308 e. The van der Waals surface area contributed by atoms with E-state index < -0.39 is 35.1 Å². The summed E-state index contributed by atoms with van der Waals surface area (Å²) in [5.41, 5.74) is 1.62. The number of carbonyl (C=O) groups is 2. The van der Waals surface area contributed by atoms with Crippen LogP contribution in [0.1, 0.15) is 33.4 Å². The average Bonchev–Trinajstić information content (AvgIpc) is 3.62. The number of aromatic amines is 1. The summed E-state index contributed by atoms with van der Waals surface area (Å²) in [5.74, 6) is -3.36. The molecule has 1 atom stereocenters. The van der Waals surface area contributed by atoms with Crippen LogP contribution in [0, 0.1) is 11.6 Å². The van der Waals surface area contributed by atoms with Crippen molar-refractivity contribution < 1.29 is 23.1 Å². The molecule has 0 spiro atoms. The number of halogens is 2. The molecule has 208 valence electrons. The van der Waals surface area contributed by atoms with Crippen LogP contribution in [0.4, 0.5) is 8.78 Å². The second kappa shape index (κ2) is 12.0. The second-order valence-electron chi connectivity index (χ2n) is 8.98. The molecule has 0 aliphatic carbocycles. The molecule has 4 heterocycles. The molecule has 9 nitrogen and oxygen atoms in total. The van der Waals surface area contributed by atoms with Gasteiger partial charge in [-0.3, -0.25) is 14.4 Å². The molecule has 0 saturated carbocycles. The fourth-order valence-electron chi connectivity index (χ4n) is 4.22. The minimum Gasteiger partial charge on any atom is -0.461 e. The summed E-state index contributed by atoms with van der Waals surface area (Å²) in [6, 6.07) is 8.97. The van der Waals surface area contributed by atoms with E-state index in [1.54, 1.807) is 17.8 Å². The number of hydrogen-bond donors (Lipinski definition) is 2. The van der Waals surface area contributed by atoms with Crippen LogP contribution in [-0.4, -0.2) is 38.0 Å². The molecule has 1 aromatic carbocycles. The Kier molecular flexibility index (Phi) is 8.11. The van der Waals surface area contributed by atoms with Crippen LogP contribution in [0.2, 0.25) is 0 Å². The zero-order valence-electron chi connectivity index (χ0n) is 21.5. The Hall–Kier alpha value is -4.97. The molecule has 0 bridgehead atoms. The van der Waals surface area contributed by atoms with E-state index in [0.29, 0.717) is 21.9 Å². The maximum atomic E-state index is 13.7. The van der Waals surface area contributed by atoms with E-state index in [0.717, 1.165) is 23.1 Å². The lowest BCUT2D eigenvalue weighted by Gasteiger charge is -2.16. The van der Waals surface area contributed by atoms with E-state index in [1.165, 1.54) is 46.4 Å². The third-order valence-electron chi connectivity index (χ3n) is 6.19. The SMILES string of the molecule is C=CCOC(=O)C[C@@H](NC(=O)c1cccn(Cc2ccc(F)c(F)c2)c1=O)c1nc(-c2c[nH]c3ncccc23)cs1. The summed E-state index contributed by atoms with van der Waals surface area (Å²) >= 11 is 1.24. The molecular weight excluding hydrogens is 552 g/mol. The Morgan fingerprint density at radius 3 is 2.85 bits per heavy atom. The molecule has 2 N–H and O–H groups in total. The molecule has 5 rings (SSSR count). The van der Waals surface area contributed by atoms with E-state index >= 15 is 0 Å². The number of pyridine rings is 2. The first-order valence-electron chi connectivity index (χ1n) is 12.4. The average molecular weight is 576 g/mol. The van der Waals surface area contributed by atoms with Gasteiger partial charge in [-0.2, -0.15) is 0 Å². The lowest BCUT2D eigenvalue weighted by Crippen LogP contribution is -2.36. The Labute approximate surface area is 236 Å². The van der Waals surface area contributed by atoms with Crippen LogP contribution >= 0.6 is 11.3 Å². The van der Waals surface area contributed by atoms with Gasteiger partial charge in [-0.05, 0) is 42.0 Å². The van der Waals surface area contributed by atoms with Gasteiger partial charge in [0, 0.05) is 34.9 Å². The van der Waals surface area contributed by atoms with Crippen LogP contribution < -0.4 is 10.9 Å². The largest absolute Gasteiger partial charge is 0.461 e. The van der Waals surface area contributed by atoms with Crippen LogP contribution in [0.3, 0.4) is 0 Å². The molecule has 4 aromatic heterocycles. The fourth-order valence-corrected chi connectivity index (χ4v) is 5.09. The van der Waals surface area contributed by atoms with Gasteiger partial charge in [0.15, 0.2) is 11.6 Å². The fraction of sp³-hybridized carbons (Fsp3) is 0.138. The van der Waals surface area contributed by atoms with Crippen LogP contribution in [0.5, 0.6) is 0 Å². The molecule has 12 heteroatoms. The van der Waals surface area contributed by atoms with Crippen molar-refractivity contribution in [1.29, 1.82) is 0 Å². The Bertz CT molecular complexity index is 1810. The number of hydrogen-bond acceptors (Lipinski definition) is 7. The normalized spacial score (nSPS) is 11.8. The highest BCUT2D eigenvalue weighted by Gasteiger charge is 2.25. The summed E-state index contributed by atoms with van der Waals surface area (Å²) < 4.78 is 33.3. The summed E-state index contributed by atoms with van der Waals surface area (Å²) in [4.78, 5) is 51.0. The number of rotatable bonds is 10. The molecule has 0 unspecified atom stereocenters. The first-order valence-corrected chi connectivity index (χ1v) is 13.3.